The van der Waals surface area contributed by atoms with Crippen molar-refractivity contribution in [3.05, 3.63) is 21.9 Å². The first-order chi connectivity index (χ1) is 7.66. The Morgan fingerprint density at radius 2 is 2.25 bits per heavy atom. The van der Waals surface area contributed by atoms with E-state index in [-0.39, 0.29) is 5.92 Å². The maximum atomic E-state index is 10.8. The first-order valence-electron chi connectivity index (χ1n) is 5.65. The van der Waals surface area contributed by atoms with E-state index < -0.39 is 5.97 Å². The first-order valence-corrected chi connectivity index (χ1v) is 6.53. The highest BCUT2D eigenvalue weighted by Gasteiger charge is 2.59. The molecule has 3 nitrogen and oxygen atoms in total. The maximum absolute atomic E-state index is 10.8. The van der Waals surface area contributed by atoms with E-state index in [4.69, 9.17) is 5.11 Å². The van der Waals surface area contributed by atoms with Crippen molar-refractivity contribution in [1.82, 2.24) is 4.90 Å². The van der Waals surface area contributed by atoms with Crippen LogP contribution in [0.1, 0.15) is 10.4 Å². The predicted octanol–water partition coefficient (Wildman–Crippen LogP) is 1.82. The van der Waals surface area contributed by atoms with E-state index in [0.29, 0.717) is 11.8 Å². The molecule has 0 aromatic carbocycles. The van der Waals surface area contributed by atoms with Crippen LogP contribution in [0.2, 0.25) is 0 Å². The summed E-state index contributed by atoms with van der Waals surface area (Å²) in [6.45, 7) is 5.09. The summed E-state index contributed by atoms with van der Waals surface area (Å²) in [5, 5.41) is 11.1. The molecule has 2 heterocycles. The summed E-state index contributed by atoms with van der Waals surface area (Å²) in [5.41, 5.74) is 1.36. The van der Waals surface area contributed by atoms with Crippen molar-refractivity contribution in [3.63, 3.8) is 0 Å². The highest BCUT2D eigenvalue weighted by atomic mass is 32.1. The van der Waals surface area contributed by atoms with E-state index in [1.807, 2.05) is 0 Å². The number of likely N-dealkylation sites (tertiary alicyclic amines) is 1. The van der Waals surface area contributed by atoms with Crippen LogP contribution in [0.25, 0.3) is 0 Å². The third-order valence-corrected chi connectivity index (χ3v) is 4.90. The van der Waals surface area contributed by atoms with Crippen molar-refractivity contribution in [3.8, 4) is 0 Å². The smallest absolute Gasteiger partial charge is 0.307 e. The van der Waals surface area contributed by atoms with E-state index in [0.717, 1.165) is 19.6 Å². The summed E-state index contributed by atoms with van der Waals surface area (Å²) in [4.78, 5) is 14.7. The van der Waals surface area contributed by atoms with Crippen LogP contribution in [0, 0.1) is 24.7 Å². The predicted molar refractivity (Wildman–Crippen MR) is 62.4 cm³/mol. The summed E-state index contributed by atoms with van der Waals surface area (Å²) in [6.07, 6.45) is 0. The fourth-order valence-electron chi connectivity index (χ4n) is 2.88. The van der Waals surface area contributed by atoms with E-state index in [9.17, 15) is 4.79 Å². The normalized spacial score (nSPS) is 32.7. The van der Waals surface area contributed by atoms with Crippen LogP contribution in [0.15, 0.2) is 11.4 Å². The fourth-order valence-corrected chi connectivity index (χ4v) is 3.83. The lowest BCUT2D eigenvalue weighted by molar-refractivity contribution is -0.139. The molecule has 86 valence electrons. The monoisotopic (exact) mass is 237 g/mol. The molecule has 3 rings (SSSR count). The minimum absolute atomic E-state index is 0.0410. The lowest BCUT2D eigenvalue weighted by Gasteiger charge is -2.18. The summed E-state index contributed by atoms with van der Waals surface area (Å²) >= 11 is 1.80. The number of thiophene rings is 1. The summed E-state index contributed by atoms with van der Waals surface area (Å²) in [6, 6.07) is 2.15. The molecule has 1 aromatic heterocycles. The topological polar surface area (TPSA) is 40.5 Å². The Hall–Kier alpha value is -0.870. The number of aryl methyl sites for hydroxylation is 1. The Balaban J connectivity index is 1.58. The quantitative estimate of drug-likeness (QED) is 0.871. The zero-order chi connectivity index (χ0) is 11.3. The maximum Gasteiger partial charge on any atom is 0.307 e. The average molecular weight is 237 g/mol. The van der Waals surface area contributed by atoms with E-state index in [2.05, 4.69) is 23.3 Å². The molecule has 16 heavy (non-hydrogen) atoms. The molecule has 0 radical (unpaired) electrons. The molecule has 2 aliphatic rings. The third-order valence-electron chi connectivity index (χ3n) is 3.89. The summed E-state index contributed by atoms with van der Waals surface area (Å²) in [7, 11) is 0. The highest BCUT2D eigenvalue weighted by molar-refractivity contribution is 7.10. The van der Waals surface area contributed by atoms with E-state index in [1.165, 1.54) is 10.4 Å². The number of aliphatic carboxylic acids is 1. The number of carboxylic acid groups (broad SMARTS) is 1. The number of hydrogen-bond donors (Lipinski definition) is 1. The van der Waals surface area contributed by atoms with Gasteiger partial charge in [0.15, 0.2) is 0 Å². The van der Waals surface area contributed by atoms with Crippen LogP contribution in [0.5, 0.6) is 0 Å². The van der Waals surface area contributed by atoms with E-state index in [1.54, 1.807) is 11.3 Å². The van der Waals surface area contributed by atoms with E-state index >= 15 is 0 Å². The second-order valence-electron chi connectivity index (χ2n) is 4.91. The number of fused-ring (bicyclic) bond motifs is 1. The van der Waals surface area contributed by atoms with Gasteiger partial charge in [0.05, 0.1) is 5.92 Å². The number of piperidine rings is 1. The van der Waals surface area contributed by atoms with Gasteiger partial charge in [-0.25, -0.2) is 0 Å². The largest absolute Gasteiger partial charge is 0.481 e. The number of rotatable bonds is 3. The van der Waals surface area contributed by atoms with Gasteiger partial charge in [-0.2, -0.15) is 0 Å². The molecule has 1 aliphatic heterocycles. The van der Waals surface area contributed by atoms with Crippen LogP contribution >= 0.6 is 11.3 Å². The third kappa shape index (κ3) is 1.57. The lowest BCUT2D eigenvalue weighted by Crippen LogP contribution is -2.25. The number of carbonyl (C=O) groups is 1. The Bertz CT molecular complexity index is 416. The van der Waals surface area contributed by atoms with Gasteiger partial charge in [-0.15, -0.1) is 11.3 Å². The summed E-state index contributed by atoms with van der Waals surface area (Å²) < 4.78 is 0. The molecule has 0 spiro atoms. The highest BCUT2D eigenvalue weighted by Crippen LogP contribution is 2.52. The van der Waals surface area contributed by atoms with Gasteiger partial charge in [-0.05, 0) is 35.8 Å². The van der Waals surface area contributed by atoms with Crippen LogP contribution in [-0.2, 0) is 11.3 Å². The first kappa shape index (κ1) is 10.3. The number of carboxylic acids is 1. The van der Waals surface area contributed by atoms with Crippen molar-refractivity contribution >= 4 is 17.3 Å². The second-order valence-corrected chi connectivity index (χ2v) is 5.91. The molecule has 1 saturated carbocycles. The molecule has 0 bridgehead atoms. The lowest BCUT2D eigenvalue weighted by atomic mass is 10.2. The van der Waals surface area contributed by atoms with Gasteiger partial charge in [0.25, 0.3) is 0 Å². The second kappa shape index (κ2) is 3.57. The van der Waals surface area contributed by atoms with Crippen molar-refractivity contribution in [2.75, 3.05) is 13.1 Å². The minimum Gasteiger partial charge on any atom is -0.481 e. The van der Waals surface area contributed by atoms with Gasteiger partial charge in [-0.1, -0.05) is 0 Å². The molecular weight excluding hydrogens is 222 g/mol. The molecule has 1 N–H and O–H groups in total. The van der Waals surface area contributed by atoms with Gasteiger partial charge in [0.2, 0.25) is 0 Å². The Morgan fingerprint density at radius 3 is 2.75 bits per heavy atom. The van der Waals surface area contributed by atoms with Crippen molar-refractivity contribution in [2.24, 2.45) is 17.8 Å². The van der Waals surface area contributed by atoms with Crippen LogP contribution < -0.4 is 0 Å². The molecule has 2 fully saturated rings. The molecule has 1 saturated heterocycles. The van der Waals surface area contributed by atoms with Crippen LogP contribution in [-0.4, -0.2) is 29.1 Å². The van der Waals surface area contributed by atoms with Gasteiger partial charge in [0, 0.05) is 24.5 Å². The average Bonchev–Trinajstić information content (AvgIpc) is 2.57. The molecule has 0 amide bonds. The molecule has 3 atom stereocenters. The van der Waals surface area contributed by atoms with Crippen molar-refractivity contribution < 1.29 is 9.90 Å². The fraction of sp³-hybridized carbons (Fsp3) is 0.583. The summed E-state index contributed by atoms with van der Waals surface area (Å²) in [5.74, 6) is 0.221. The van der Waals surface area contributed by atoms with Crippen molar-refractivity contribution in [2.45, 2.75) is 13.5 Å². The van der Waals surface area contributed by atoms with Crippen LogP contribution in [0.3, 0.4) is 0 Å². The van der Waals surface area contributed by atoms with Crippen molar-refractivity contribution in [1.29, 1.82) is 0 Å². The Kier molecular flexibility index (Phi) is 2.30. The number of nitrogens with zero attached hydrogens (tertiary/aromatic N) is 1. The van der Waals surface area contributed by atoms with Crippen LogP contribution in [0.4, 0.5) is 0 Å². The molecule has 1 aliphatic carbocycles. The van der Waals surface area contributed by atoms with Gasteiger partial charge < -0.3 is 5.11 Å². The molecular formula is C12H15NO2S. The minimum atomic E-state index is -0.595. The molecule has 4 heteroatoms. The zero-order valence-corrected chi connectivity index (χ0v) is 10.0. The Labute approximate surface area is 98.7 Å². The van der Waals surface area contributed by atoms with Gasteiger partial charge in [-0.3, -0.25) is 9.69 Å². The standard InChI is InChI=1S/C12H15NO2S/c1-7-2-3-16-10(7)6-13-4-8-9(5-13)11(8)12(14)15/h2-3,8-9,11H,4-6H2,1H3,(H,14,15)/t8-,9+,11?. The molecule has 1 unspecified atom stereocenters. The zero-order valence-electron chi connectivity index (χ0n) is 9.22. The SMILES string of the molecule is Cc1ccsc1CN1C[C@@H]2C(C(=O)O)[C@@H]2C1. The van der Waals surface area contributed by atoms with Gasteiger partial charge in [0.1, 0.15) is 0 Å². The number of hydrogen-bond acceptors (Lipinski definition) is 3. The molecule has 1 aromatic rings. The Morgan fingerprint density at radius 1 is 1.56 bits per heavy atom. The van der Waals surface area contributed by atoms with Gasteiger partial charge >= 0.3 is 5.97 Å².